The van der Waals surface area contributed by atoms with Gasteiger partial charge in [0.25, 0.3) is 0 Å². The highest BCUT2D eigenvalue weighted by Gasteiger charge is 2.28. The molecule has 7 nitrogen and oxygen atoms in total. The molecule has 1 amide bonds. The Morgan fingerprint density at radius 2 is 2.22 bits per heavy atom. The van der Waals surface area contributed by atoms with E-state index in [1.54, 1.807) is 6.07 Å². The van der Waals surface area contributed by atoms with Crippen LogP contribution < -0.4 is 0 Å². The van der Waals surface area contributed by atoms with Crippen molar-refractivity contribution in [3.8, 4) is 0 Å². The average molecular weight is 371 g/mol. The number of nitrogens with one attached hydrogen (secondary N) is 1. The third-order valence-corrected chi connectivity index (χ3v) is 4.86. The normalized spacial score (nSPS) is 17.1. The molecule has 1 N–H and O–H groups in total. The number of aromatic nitrogens is 4. The lowest BCUT2D eigenvalue weighted by molar-refractivity contribution is -0.135. The summed E-state index contributed by atoms with van der Waals surface area (Å²) in [5.74, 6) is 0.214. The van der Waals surface area contributed by atoms with Gasteiger partial charge < -0.3 is 14.6 Å². The van der Waals surface area contributed by atoms with Crippen LogP contribution in [0.25, 0.3) is 11.0 Å². The van der Waals surface area contributed by atoms with Gasteiger partial charge in [-0.2, -0.15) is 5.10 Å². The quantitative estimate of drug-likeness (QED) is 0.748. The second-order valence-electron chi connectivity index (χ2n) is 6.99. The lowest BCUT2D eigenvalue weighted by Gasteiger charge is -2.17. The molecule has 0 bridgehead atoms. The number of H-pyrrole nitrogens is 1. The van der Waals surface area contributed by atoms with Crippen LogP contribution in [0.1, 0.15) is 29.7 Å². The number of imidazole rings is 1. The Hall–Kier alpha value is -2.74. The number of ether oxygens (including phenoxy) is 1. The van der Waals surface area contributed by atoms with Crippen molar-refractivity contribution in [3.05, 3.63) is 47.3 Å². The molecule has 1 saturated heterocycles. The first-order valence-corrected chi connectivity index (χ1v) is 9.02. The molecule has 3 heterocycles. The Morgan fingerprint density at radius 1 is 1.37 bits per heavy atom. The van der Waals surface area contributed by atoms with Gasteiger partial charge in [0.1, 0.15) is 24.9 Å². The number of aryl methyl sites for hydroxylation is 2. The average Bonchev–Trinajstić information content (AvgIpc) is 3.32. The highest BCUT2D eigenvalue weighted by atomic mass is 19.1. The van der Waals surface area contributed by atoms with E-state index >= 15 is 0 Å². The van der Waals surface area contributed by atoms with Crippen LogP contribution in [0.3, 0.4) is 0 Å². The molecule has 0 spiro atoms. The maximum Gasteiger partial charge on any atom is 0.248 e. The highest BCUT2D eigenvalue weighted by Crippen LogP contribution is 2.23. The Balaban J connectivity index is 1.30. The SMILES string of the molecule is Cc1cc(C)n([C@@H]2CCN(C(=O)COCc3nc4ccc(F)cc4[nH]3)C2)n1. The fourth-order valence-electron chi connectivity index (χ4n) is 3.61. The van der Waals surface area contributed by atoms with E-state index in [1.165, 1.54) is 12.1 Å². The first kappa shape index (κ1) is 17.7. The van der Waals surface area contributed by atoms with Gasteiger partial charge in [-0.1, -0.05) is 0 Å². The first-order chi connectivity index (χ1) is 13.0. The molecular weight excluding hydrogens is 349 g/mol. The van der Waals surface area contributed by atoms with Crippen molar-refractivity contribution in [2.24, 2.45) is 0 Å². The van der Waals surface area contributed by atoms with Gasteiger partial charge >= 0.3 is 0 Å². The van der Waals surface area contributed by atoms with E-state index in [-0.39, 0.29) is 31.0 Å². The van der Waals surface area contributed by atoms with E-state index in [2.05, 4.69) is 15.1 Å². The zero-order valence-electron chi connectivity index (χ0n) is 15.4. The van der Waals surface area contributed by atoms with E-state index < -0.39 is 0 Å². The third kappa shape index (κ3) is 3.71. The van der Waals surface area contributed by atoms with Gasteiger partial charge in [-0.15, -0.1) is 0 Å². The van der Waals surface area contributed by atoms with Crippen LogP contribution in [0, 0.1) is 19.7 Å². The van der Waals surface area contributed by atoms with Gasteiger partial charge in [-0.3, -0.25) is 9.48 Å². The van der Waals surface area contributed by atoms with Gasteiger partial charge in [-0.25, -0.2) is 9.37 Å². The summed E-state index contributed by atoms with van der Waals surface area (Å²) in [7, 11) is 0. The van der Waals surface area contributed by atoms with Gasteiger partial charge in [0.2, 0.25) is 5.91 Å². The molecule has 2 aromatic heterocycles. The van der Waals surface area contributed by atoms with Crippen LogP contribution in [0.4, 0.5) is 4.39 Å². The van der Waals surface area contributed by atoms with E-state index in [0.717, 1.165) is 17.8 Å². The Bertz CT molecular complexity index is 980. The summed E-state index contributed by atoms with van der Waals surface area (Å²) >= 11 is 0. The second-order valence-corrected chi connectivity index (χ2v) is 6.99. The van der Waals surface area contributed by atoms with Crippen molar-refractivity contribution in [1.29, 1.82) is 0 Å². The molecule has 8 heteroatoms. The van der Waals surface area contributed by atoms with Crippen molar-refractivity contribution in [3.63, 3.8) is 0 Å². The Kier molecular flexibility index (Phi) is 4.65. The van der Waals surface area contributed by atoms with Gasteiger partial charge in [-0.05, 0) is 44.5 Å². The summed E-state index contributed by atoms with van der Waals surface area (Å²) in [6.45, 7) is 5.53. The monoisotopic (exact) mass is 371 g/mol. The van der Waals surface area contributed by atoms with Crippen LogP contribution in [0.2, 0.25) is 0 Å². The molecule has 0 saturated carbocycles. The number of halogens is 1. The fraction of sp³-hybridized carbons (Fsp3) is 0.421. The molecular formula is C19H22FN5O2. The van der Waals surface area contributed by atoms with Gasteiger partial charge in [0, 0.05) is 18.8 Å². The first-order valence-electron chi connectivity index (χ1n) is 9.02. The van der Waals surface area contributed by atoms with E-state index in [1.807, 2.05) is 29.5 Å². The molecule has 4 rings (SSSR count). The minimum atomic E-state index is -0.319. The van der Waals surface area contributed by atoms with Crippen molar-refractivity contribution < 1.29 is 13.9 Å². The van der Waals surface area contributed by atoms with E-state index in [9.17, 15) is 9.18 Å². The minimum Gasteiger partial charge on any atom is -0.364 e. The van der Waals surface area contributed by atoms with Crippen LogP contribution >= 0.6 is 0 Å². The van der Waals surface area contributed by atoms with Crippen LogP contribution in [-0.2, 0) is 16.1 Å². The Morgan fingerprint density at radius 3 is 3.00 bits per heavy atom. The molecule has 0 aliphatic carbocycles. The van der Waals surface area contributed by atoms with E-state index in [4.69, 9.17) is 4.74 Å². The number of nitrogens with zero attached hydrogens (tertiary/aromatic N) is 4. The zero-order valence-corrected chi connectivity index (χ0v) is 15.4. The predicted octanol–water partition coefficient (Wildman–Crippen LogP) is 2.51. The van der Waals surface area contributed by atoms with Crippen molar-refractivity contribution in [2.75, 3.05) is 19.7 Å². The van der Waals surface area contributed by atoms with Crippen molar-refractivity contribution in [1.82, 2.24) is 24.6 Å². The topological polar surface area (TPSA) is 76.0 Å². The lowest BCUT2D eigenvalue weighted by Crippen LogP contribution is -2.32. The summed E-state index contributed by atoms with van der Waals surface area (Å²) in [6.07, 6.45) is 0.892. The summed E-state index contributed by atoms with van der Waals surface area (Å²) in [5.41, 5.74) is 3.40. The number of hydrogen-bond acceptors (Lipinski definition) is 4. The fourth-order valence-corrected chi connectivity index (χ4v) is 3.61. The number of rotatable bonds is 5. The van der Waals surface area contributed by atoms with Crippen LogP contribution in [0.5, 0.6) is 0 Å². The number of aromatic amines is 1. The largest absolute Gasteiger partial charge is 0.364 e. The molecule has 1 aromatic carbocycles. The smallest absolute Gasteiger partial charge is 0.248 e. The number of carbonyl (C=O) groups excluding carboxylic acids is 1. The number of carbonyl (C=O) groups is 1. The molecule has 1 aliphatic heterocycles. The second kappa shape index (κ2) is 7.11. The van der Waals surface area contributed by atoms with Crippen LogP contribution in [0.15, 0.2) is 24.3 Å². The number of benzene rings is 1. The van der Waals surface area contributed by atoms with Crippen LogP contribution in [-0.4, -0.2) is 50.3 Å². The number of likely N-dealkylation sites (tertiary alicyclic amines) is 1. The lowest BCUT2D eigenvalue weighted by atomic mass is 10.2. The van der Waals surface area contributed by atoms with Crippen molar-refractivity contribution in [2.45, 2.75) is 32.9 Å². The molecule has 1 fully saturated rings. The minimum absolute atomic E-state index is 0.00472. The van der Waals surface area contributed by atoms with E-state index in [0.29, 0.717) is 29.9 Å². The summed E-state index contributed by atoms with van der Waals surface area (Å²) in [4.78, 5) is 21.6. The molecule has 0 unspecified atom stereocenters. The maximum atomic E-state index is 13.2. The molecule has 27 heavy (non-hydrogen) atoms. The number of hydrogen-bond donors (Lipinski definition) is 1. The summed E-state index contributed by atoms with van der Waals surface area (Å²) in [6, 6.07) is 6.63. The molecule has 142 valence electrons. The zero-order chi connectivity index (χ0) is 19.0. The standard InChI is InChI=1S/C19H22FN5O2/c1-12-7-13(2)25(23-12)15-5-6-24(9-15)19(26)11-27-10-18-21-16-4-3-14(20)8-17(16)22-18/h3-4,7-8,15H,5-6,9-11H2,1-2H3,(H,21,22)/t15-/m1/s1. The predicted molar refractivity (Wildman–Crippen MR) is 97.6 cm³/mol. The number of fused-ring (bicyclic) bond motifs is 1. The maximum absolute atomic E-state index is 13.2. The third-order valence-electron chi connectivity index (χ3n) is 4.86. The van der Waals surface area contributed by atoms with Gasteiger partial charge in [0.05, 0.1) is 22.8 Å². The Labute approximate surface area is 156 Å². The molecule has 0 radical (unpaired) electrons. The summed E-state index contributed by atoms with van der Waals surface area (Å²) < 4.78 is 20.8. The summed E-state index contributed by atoms with van der Waals surface area (Å²) in [5, 5.41) is 4.52. The van der Waals surface area contributed by atoms with Crippen molar-refractivity contribution >= 4 is 16.9 Å². The van der Waals surface area contributed by atoms with Gasteiger partial charge in [0.15, 0.2) is 0 Å². The highest BCUT2D eigenvalue weighted by molar-refractivity contribution is 5.78. The molecule has 1 atom stereocenters. The number of amides is 1. The molecule has 1 aliphatic rings. The molecule has 3 aromatic rings.